The number of allylic oxidation sites excluding steroid dienone is 1. The molecule has 0 fully saturated rings. The highest BCUT2D eigenvalue weighted by Gasteiger charge is 2.08. The summed E-state index contributed by atoms with van der Waals surface area (Å²) in [5.74, 6) is 5.80. The minimum atomic E-state index is 0.657. The maximum atomic E-state index is 8.47. The van der Waals surface area contributed by atoms with E-state index < -0.39 is 0 Å². The van der Waals surface area contributed by atoms with Gasteiger partial charge in [0.1, 0.15) is 0 Å². The van der Waals surface area contributed by atoms with E-state index in [1.54, 1.807) is 11.1 Å². The first kappa shape index (κ1) is 12.1. The van der Waals surface area contributed by atoms with Crippen molar-refractivity contribution in [3.63, 3.8) is 0 Å². The second kappa shape index (κ2) is 5.19. The first-order chi connectivity index (χ1) is 7.61. The largest absolute Gasteiger partial charge is 0.397 e. The summed E-state index contributed by atoms with van der Waals surface area (Å²) in [6.07, 6.45) is 3.17. The van der Waals surface area contributed by atoms with Crippen molar-refractivity contribution in [2.75, 3.05) is 17.3 Å². The van der Waals surface area contributed by atoms with E-state index in [9.17, 15) is 0 Å². The van der Waals surface area contributed by atoms with Gasteiger partial charge in [-0.25, -0.2) is 5.84 Å². The summed E-state index contributed by atoms with van der Waals surface area (Å²) in [5, 5.41) is 10.1. The minimum Gasteiger partial charge on any atom is -0.397 e. The van der Waals surface area contributed by atoms with Crippen LogP contribution in [0.4, 0.5) is 11.4 Å². The van der Waals surface area contributed by atoms with Gasteiger partial charge in [-0.1, -0.05) is 6.07 Å². The van der Waals surface area contributed by atoms with Crippen molar-refractivity contribution < 1.29 is 0 Å². The molecule has 0 bridgehead atoms. The van der Waals surface area contributed by atoms with E-state index in [0.717, 1.165) is 16.8 Å². The number of nitriles is 1. The van der Waals surface area contributed by atoms with Crippen LogP contribution in [-0.2, 0) is 0 Å². The molecule has 0 saturated heterocycles. The Balaban J connectivity index is 3.19. The molecule has 0 aliphatic rings. The van der Waals surface area contributed by atoms with E-state index in [1.165, 1.54) is 6.08 Å². The average Bonchev–Trinajstić information content (AvgIpc) is 2.30. The second-order valence-corrected chi connectivity index (χ2v) is 3.46. The molecule has 4 nitrogen and oxygen atoms in total. The molecule has 84 valence electrons. The van der Waals surface area contributed by atoms with Gasteiger partial charge in [0.25, 0.3) is 0 Å². The number of benzene rings is 1. The number of hydrogen-bond donors (Lipinski definition) is 2. The summed E-state index contributed by atoms with van der Waals surface area (Å²) in [4.78, 5) is 0. The Labute approximate surface area is 95.7 Å². The zero-order valence-electron chi connectivity index (χ0n) is 9.57. The molecule has 16 heavy (non-hydrogen) atoms. The highest BCUT2D eigenvalue weighted by Crippen LogP contribution is 2.28. The van der Waals surface area contributed by atoms with Crippen LogP contribution in [-0.4, -0.2) is 6.54 Å². The van der Waals surface area contributed by atoms with Gasteiger partial charge in [0.2, 0.25) is 0 Å². The normalized spacial score (nSPS) is 10.4. The van der Waals surface area contributed by atoms with Gasteiger partial charge in [-0.2, -0.15) is 5.26 Å². The molecule has 1 rings (SSSR count). The van der Waals surface area contributed by atoms with Crippen LogP contribution in [0.25, 0.3) is 6.08 Å². The zero-order chi connectivity index (χ0) is 12.1. The van der Waals surface area contributed by atoms with E-state index in [4.69, 9.17) is 16.8 Å². The Hall–Kier alpha value is -1.99. The monoisotopic (exact) mass is 216 g/mol. The molecule has 0 saturated carbocycles. The molecule has 0 amide bonds. The van der Waals surface area contributed by atoms with Gasteiger partial charge in [0, 0.05) is 12.6 Å². The van der Waals surface area contributed by atoms with E-state index >= 15 is 0 Å². The fourth-order valence-corrected chi connectivity index (χ4v) is 1.46. The maximum Gasteiger partial charge on any atom is 0.0912 e. The lowest BCUT2D eigenvalue weighted by molar-refractivity contribution is 0.893. The smallest absolute Gasteiger partial charge is 0.0912 e. The molecule has 4 N–H and O–H groups in total. The van der Waals surface area contributed by atoms with Gasteiger partial charge in [-0.15, -0.1) is 0 Å². The predicted octanol–water partition coefficient (Wildman–Crippen LogP) is 1.81. The summed E-state index contributed by atoms with van der Waals surface area (Å²) >= 11 is 0. The van der Waals surface area contributed by atoms with E-state index in [-0.39, 0.29) is 0 Å². The third-order valence-electron chi connectivity index (χ3n) is 2.52. The molecule has 0 aliphatic heterocycles. The van der Waals surface area contributed by atoms with Crippen LogP contribution >= 0.6 is 0 Å². The van der Waals surface area contributed by atoms with Crippen molar-refractivity contribution in [3.8, 4) is 6.07 Å². The lowest BCUT2D eigenvalue weighted by Gasteiger charge is -2.20. The highest BCUT2D eigenvalue weighted by molar-refractivity contribution is 5.76. The maximum absolute atomic E-state index is 8.47. The quantitative estimate of drug-likeness (QED) is 0.349. The van der Waals surface area contributed by atoms with Crippen LogP contribution in [0.2, 0.25) is 0 Å². The van der Waals surface area contributed by atoms with E-state index in [2.05, 4.69) is 0 Å². The molecule has 4 heteroatoms. The van der Waals surface area contributed by atoms with Gasteiger partial charge in [0.15, 0.2) is 0 Å². The van der Waals surface area contributed by atoms with Gasteiger partial charge in [0.05, 0.1) is 17.4 Å². The first-order valence-corrected chi connectivity index (χ1v) is 5.09. The molecular weight excluding hydrogens is 200 g/mol. The molecule has 0 unspecified atom stereocenters. The number of anilines is 2. The predicted molar refractivity (Wildman–Crippen MR) is 67.4 cm³/mol. The zero-order valence-corrected chi connectivity index (χ0v) is 9.57. The Morgan fingerprint density at radius 3 is 2.75 bits per heavy atom. The Morgan fingerprint density at radius 2 is 2.19 bits per heavy atom. The van der Waals surface area contributed by atoms with E-state index in [0.29, 0.717) is 12.2 Å². The minimum absolute atomic E-state index is 0.657. The van der Waals surface area contributed by atoms with Crippen molar-refractivity contribution in [3.05, 3.63) is 29.3 Å². The fraction of sp³-hybridized carbons (Fsp3) is 0.250. The third kappa shape index (κ3) is 2.33. The highest BCUT2D eigenvalue weighted by atomic mass is 15.4. The number of nitrogens with two attached hydrogens (primary N) is 2. The van der Waals surface area contributed by atoms with Crippen molar-refractivity contribution in [2.24, 2.45) is 5.84 Å². The fourth-order valence-electron chi connectivity index (χ4n) is 1.46. The Kier molecular flexibility index (Phi) is 3.92. The number of nitrogen functional groups attached to an aromatic ring is 1. The lowest BCUT2D eigenvalue weighted by atomic mass is 10.0. The van der Waals surface area contributed by atoms with Crippen LogP contribution in [0.15, 0.2) is 18.2 Å². The SMILES string of the molecule is CCN(N)c1ccc(/C=C/C#N)c(C)c1N. The van der Waals surface area contributed by atoms with Crippen LogP contribution in [0.3, 0.4) is 0 Å². The molecule has 0 aromatic heterocycles. The Bertz CT molecular complexity index is 443. The number of hydrazine groups is 1. The standard InChI is InChI=1S/C12H16N4/c1-3-16(15)11-7-6-10(5-4-8-13)9(2)12(11)14/h4-7H,3,14-15H2,1-2H3/b5-4+. The van der Waals surface area contributed by atoms with Crippen molar-refractivity contribution in [1.29, 1.82) is 5.26 Å². The molecule has 0 aliphatic carbocycles. The number of nitrogens with zero attached hydrogens (tertiary/aromatic N) is 2. The second-order valence-electron chi connectivity index (χ2n) is 3.46. The molecule has 1 aromatic carbocycles. The van der Waals surface area contributed by atoms with Crippen LogP contribution in [0, 0.1) is 18.3 Å². The van der Waals surface area contributed by atoms with Crippen molar-refractivity contribution in [2.45, 2.75) is 13.8 Å². The molecule has 0 spiro atoms. The Morgan fingerprint density at radius 1 is 1.50 bits per heavy atom. The molecule has 0 radical (unpaired) electrons. The first-order valence-electron chi connectivity index (χ1n) is 5.09. The van der Waals surface area contributed by atoms with Gasteiger partial charge < -0.3 is 10.7 Å². The topological polar surface area (TPSA) is 79.1 Å². The van der Waals surface area contributed by atoms with Crippen molar-refractivity contribution >= 4 is 17.5 Å². The molecule has 0 heterocycles. The van der Waals surface area contributed by atoms with E-state index in [1.807, 2.05) is 32.0 Å². The van der Waals surface area contributed by atoms with Gasteiger partial charge in [-0.05, 0) is 37.1 Å². The third-order valence-corrected chi connectivity index (χ3v) is 2.52. The molecule has 1 aromatic rings. The van der Waals surface area contributed by atoms with Gasteiger partial charge in [-0.3, -0.25) is 0 Å². The summed E-state index contributed by atoms with van der Waals surface area (Å²) in [7, 11) is 0. The number of hydrogen-bond acceptors (Lipinski definition) is 4. The summed E-state index contributed by atoms with van der Waals surface area (Å²) in [5.41, 5.74) is 9.34. The molecular formula is C12H16N4. The lowest BCUT2D eigenvalue weighted by Crippen LogP contribution is -2.31. The summed E-state index contributed by atoms with van der Waals surface area (Å²) < 4.78 is 0. The average molecular weight is 216 g/mol. The molecule has 0 atom stereocenters. The van der Waals surface area contributed by atoms with Crippen LogP contribution in [0.5, 0.6) is 0 Å². The van der Waals surface area contributed by atoms with Crippen LogP contribution in [0.1, 0.15) is 18.1 Å². The summed E-state index contributed by atoms with van der Waals surface area (Å²) in [6.45, 7) is 4.56. The number of rotatable bonds is 3. The van der Waals surface area contributed by atoms with Gasteiger partial charge >= 0.3 is 0 Å². The van der Waals surface area contributed by atoms with Crippen molar-refractivity contribution in [1.82, 2.24) is 0 Å². The summed E-state index contributed by atoms with van der Waals surface area (Å²) in [6, 6.07) is 5.73. The van der Waals surface area contributed by atoms with Crippen LogP contribution < -0.4 is 16.6 Å².